The molecule has 0 unspecified atom stereocenters. The van der Waals surface area contributed by atoms with Gasteiger partial charge in [-0.15, -0.1) is 0 Å². The van der Waals surface area contributed by atoms with Crippen molar-refractivity contribution in [3.8, 4) is 44.5 Å². The third-order valence-electron chi connectivity index (χ3n) is 14.9. The first-order valence-electron chi connectivity index (χ1n) is 25.6. The first kappa shape index (κ1) is 44.4. The first-order chi connectivity index (χ1) is 36.5. The molecule has 0 N–H and O–H groups in total. The molecule has 2 heteroatoms. The summed E-state index contributed by atoms with van der Waals surface area (Å²) in [5.41, 5.74) is 18.9. The minimum Gasteiger partial charge on any atom is -0.310 e. The topological polar surface area (TPSA) is 6.48 Å². The lowest BCUT2D eigenvalue weighted by molar-refractivity contribution is 1.29. The summed E-state index contributed by atoms with van der Waals surface area (Å²) in [6.07, 6.45) is 0. The third-order valence-corrected chi connectivity index (χ3v) is 14.9. The first-order valence-corrected chi connectivity index (χ1v) is 25.6. The lowest BCUT2D eigenvalue weighted by atomic mass is 9.82. The van der Waals surface area contributed by atoms with Crippen molar-refractivity contribution in [2.24, 2.45) is 0 Å². The molecular weight excluding hydrogens is 893 g/mol. The van der Waals surface area contributed by atoms with Crippen molar-refractivity contribution in [2.45, 2.75) is 13.8 Å². The maximum atomic E-state index is 2.44. The fourth-order valence-corrected chi connectivity index (χ4v) is 11.2. The Bertz CT molecular complexity index is 3920. The molecule has 13 rings (SSSR count). The summed E-state index contributed by atoms with van der Waals surface area (Å²) in [6.45, 7) is 4.48. The zero-order valence-corrected chi connectivity index (χ0v) is 41.5. The highest BCUT2D eigenvalue weighted by Gasteiger charge is 2.21. The van der Waals surface area contributed by atoms with Gasteiger partial charge in [-0.3, -0.25) is 0 Å². The van der Waals surface area contributed by atoms with E-state index in [1.807, 2.05) is 0 Å². The van der Waals surface area contributed by atoms with Gasteiger partial charge in [-0.2, -0.15) is 0 Å². The quantitative estimate of drug-likeness (QED) is 0.126. The molecule has 0 aliphatic heterocycles. The van der Waals surface area contributed by atoms with Crippen molar-refractivity contribution < 1.29 is 0 Å². The van der Waals surface area contributed by atoms with E-state index in [0.717, 1.165) is 34.1 Å². The summed E-state index contributed by atoms with van der Waals surface area (Å²) in [4.78, 5) is 4.70. The van der Waals surface area contributed by atoms with Crippen molar-refractivity contribution in [1.82, 2.24) is 0 Å². The van der Waals surface area contributed by atoms with E-state index in [1.165, 1.54) is 98.7 Å². The molecule has 0 spiro atoms. The van der Waals surface area contributed by atoms with Gasteiger partial charge in [-0.05, 0) is 198 Å². The Kier molecular flexibility index (Phi) is 11.4. The van der Waals surface area contributed by atoms with Gasteiger partial charge >= 0.3 is 0 Å². The highest BCUT2D eigenvalue weighted by molar-refractivity contribution is 6.23. The van der Waals surface area contributed by atoms with E-state index >= 15 is 0 Å². The summed E-state index contributed by atoms with van der Waals surface area (Å²) in [5, 5.41) is 9.84. The lowest BCUT2D eigenvalue weighted by Crippen LogP contribution is -2.09. The molecule has 0 saturated carbocycles. The number of aryl methyl sites for hydroxylation is 2. The summed E-state index contributed by atoms with van der Waals surface area (Å²) >= 11 is 0. The monoisotopic (exact) mass is 944 g/mol. The van der Waals surface area contributed by atoms with E-state index in [4.69, 9.17) is 0 Å². The average molecular weight is 945 g/mol. The van der Waals surface area contributed by atoms with Crippen molar-refractivity contribution in [3.63, 3.8) is 0 Å². The van der Waals surface area contributed by atoms with Gasteiger partial charge in [0.05, 0.1) is 0 Å². The number of para-hydroxylation sites is 2. The number of hydrogen-bond acceptors (Lipinski definition) is 2. The molecule has 74 heavy (non-hydrogen) atoms. The molecule has 0 heterocycles. The molecule has 13 aromatic rings. The zero-order chi connectivity index (χ0) is 49.5. The molecule has 350 valence electrons. The van der Waals surface area contributed by atoms with Crippen LogP contribution in [0.1, 0.15) is 11.1 Å². The molecule has 0 saturated heterocycles. The summed E-state index contributed by atoms with van der Waals surface area (Å²) in [6, 6.07) is 102. The normalized spacial score (nSPS) is 11.4. The molecule has 0 atom stereocenters. The van der Waals surface area contributed by atoms with E-state index in [0.29, 0.717) is 0 Å². The Morgan fingerprint density at radius 3 is 0.946 bits per heavy atom. The van der Waals surface area contributed by atoms with Crippen molar-refractivity contribution in [1.29, 1.82) is 0 Å². The summed E-state index contributed by atoms with van der Waals surface area (Å²) < 4.78 is 0. The highest BCUT2D eigenvalue weighted by Crippen LogP contribution is 2.48. The van der Waals surface area contributed by atoms with Gasteiger partial charge in [-0.1, -0.05) is 194 Å². The predicted octanol–water partition coefficient (Wildman–Crippen LogP) is 20.5. The van der Waals surface area contributed by atoms with Crippen molar-refractivity contribution in [3.05, 3.63) is 290 Å². The number of rotatable bonds is 10. The van der Waals surface area contributed by atoms with Gasteiger partial charge in [0.1, 0.15) is 0 Å². The van der Waals surface area contributed by atoms with Gasteiger partial charge in [0.15, 0.2) is 0 Å². The minimum atomic E-state index is 1.10. The molecule has 2 nitrogen and oxygen atoms in total. The van der Waals surface area contributed by atoms with Crippen molar-refractivity contribution >= 4 is 77.2 Å². The SMILES string of the molecule is Cc1ccccc1-c1c2ccc(-c3ccc(N(c4ccccc4)c4ccc5ccccc5c4)cc3)cc2c(-c2ccccc2C)c2ccc(-c3ccc(N(c4ccccc4)c4ccc5ccccc5c4)cc3)cc12. The molecule has 0 bridgehead atoms. The van der Waals surface area contributed by atoms with Crippen LogP contribution in [0.25, 0.3) is 87.6 Å². The number of benzene rings is 13. The molecule has 0 aliphatic rings. The van der Waals surface area contributed by atoms with E-state index in [9.17, 15) is 0 Å². The maximum absolute atomic E-state index is 2.44. The number of anilines is 6. The van der Waals surface area contributed by atoms with Crippen LogP contribution in [-0.4, -0.2) is 0 Å². The maximum Gasteiger partial charge on any atom is 0.0468 e. The van der Waals surface area contributed by atoms with Crippen molar-refractivity contribution in [2.75, 3.05) is 9.80 Å². The molecule has 0 aromatic heterocycles. The summed E-state index contributed by atoms with van der Waals surface area (Å²) in [5.74, 6) is 0. The second-order valence-corrected chi connectivity index (χ2v) is 19.4. The Labute approximate surface area is 433 Å². The van der Waals surface area contributed by atoms with Gasteiger partial charge in [-0.25, -0.2) is 0 Å². The Balaban J connectivity index is 0.949. The predicted molar refractivity (Wildman–Crippen MR) is 317 cm³/mol. The molecule has 0 aliphatic carbocycles. The van der Waals surface area contributed by atoms with Crippen LogP contribution in [0.15, 0.2) is 279 Å². The molecule has 0 amide bonds. The number of hydrogen-bond donors (Lipinski definition) is 0. The van der Waals surface area contributed by atoms with Crippen LogP contribution in [0.4, 0.5) is 34.1 Å². The van der Waals surface area contributed by atoms with Crippen LogP contribution in [0.2, 0.25) is 0 Å². The Morgan fingerprint density at radius 2 is 0.541 bits per heavy atom. The molecule has 13 aromatic carbocycles. The second kappa shape index (κ2) is 18.9. The van der Waals surface area contributed by atoms with Crippen LogP contribution < -0.4 is 9.80 Å². The molecule has 0 radical (unpaired) electrons. The lowest BCUT2D eigenvalue weighted by Gasteiger charge is -2.26. The van der Waals surface area contributed by atoms with Gasteiger partial charge in [0.25, 0.3) is 0 Å². The van der Waals surface area contributed by atoms with E-state index in [2.05, 4.69) is 303 Å². The smallest absolute Gasteiger partial charge is 0.0468 e. The summed E-state index contributed by atoms with van der Waals surface area (Å²) in [7, 11) is 0. The Hall–Kier alpha value is -9.50. The molecule has 0 fully saturated rings. The van der Waals surface area contributed by atoms with Crippen LogP contribution in [0.3, 0.4) is 0 Å². The van der Waals surface area contributed by atoms with Crippen LogP contribution in [0.5, 0.6) is 0 Å². The van der Waals surface area contributed by atoms with Gasteiger partial charge in [0, 0.05) is 34.1 Å². The fraction of sp³-hybridized carbons (Fsp3) is 0.0278. The van der Waals surface area contributed by atoms with Crippen LogP contribution in [-0.2, 0) is 0 Å². The number of nitrogens with zero attached hydrogens (tertiary/aromatic N) is 2. The van der Waals surface area contributed by atoms with Gasteiger partial charge < -0.3 is 9.80 Å². The number of fused-ring (bicyclic) bond motifs is 4. The van der Waals surface area contributed by atoms with Crippen LogP contribution in [0, 0.1) is 13.8 Å². The zero-order valence-electron chi connectivity index (χ0n) is 41.5. The van der Waals surface area contributed by atoms with E-state index in [-0.39, 0.29) is 0 Å². The Morgan fingerprint density at radius 1 is 0.216 bits per heavy atom. The van der Waals surface area contributed by atoms with Crippen LogP contribution >= 0.6 is 0 Å². The van der Waals surface area contributed by atoms with E-state index in [1.54, 1.807) is 0 Å². The fourth-order valence-electron chi connectivity index (χ4n) is 11.2. The minimum absolute atomic E-state index is 1.10. The highest BCUT2D eigenvalue weighted by atomic mass is 15.1. The largest absolute Gasteiger partial charge is 0.310 e. The standard InChI is InChI=1S/C72H52N2/c1-49-17-9-15-27-65(49)71-67-43-35-58(54-31-39-62(40-32-54)74(60-25-7-4-8-26-60)64-42-34-52-20-12-14-22-56(52)46-64)48-70(67)72(66-28-16-10-18-50(66)2)68-44-36-57(47-69(68)71)53-29-37-61(38-30-53)73(59-23-5-3-6-24-59)63-41-33-51-19-11-13-21-55(51)45-63/h3-48H,1-2H3. The van der Waals surface area contributed by atoms with E-state index < -0.39 is 0 Å². The second-order valence-electron chi connectivity index (χ2n) is 19.4. The average Bonchev–Trinajstić information content (AvgIpc) is 3.46. The van der Waals surface area contributed by atoms with Gasteiger partial charge in [0.2, 0.25) is 0 Å². The third kappa shape index (κ3) is 8.13. The molecular formula is C72H52N2.